The Labute approximate surface area is 118 Å². The van der Waals surface area contributed by atoms with Gasteiger partial charge in [0.2, 0.25) is 0 Å². The number of carboxylic acids is 1. The molecule has 0 saturated heterocycles. The van der Waals surface area contributed by atoms with E-state index in [4.69, 9.17) is 0 Å². The Balaban J connectivity index is 0.00000169. The third-order valence-corrected chi connectivity index (χ3v) is 1.32. The van der Waals surface area contributed by atoms with E-state index in [1.807, 2.05) is 0 Å². The number of halogens is 4. The zero-order chi connectivity index (χ0) is 10.2. The Kier molecular flexibility index (Phi) is 5.24. The van der Waals surface area contributed by atoms with Crippen LogP contribution < -0.4 is 56.5 Å². The fraction of sp³-hybridized carbons (Fsp3) is 0. The van der Waals surface area contributed by atoms with Crippen LogP contribution in [-0.2, 0) is 0 Å². The van der Waals surface area contributed by atoms with E-state index in [-0.39, 0.29) is 57.5 Å². The van der Waals surface area contributed by atoms with E-state index in [1.54, 1.807) is 0 Å². The number of aromatic carboxylic acids is 1. The van der Waals surface area contributed by atoms with E-state index >= 15 is 0 Å². The van der Waals surface area contributed by atoms with Crippen LogP contribution in [0.3, 0.4) is 0 Å². The molecule has 1 aromatic rings. The van der Waals surface area contributed by atoms with Crippen LogP contribution >= 0.6 is 0 Å². The maximum absolute atomic E-state index is 12.5. The van der Waals surface area contributed by atoms with Crippen molar-refractivity contribution < 1.29 is 78.8 Å². The molecule has 7 heteroatoms. The number of hydrogen-bond acceptors (Lipinski definition) is 2. The molecule has 0 aliphatic carbocycles. The molecule has 0 bridgehead atoms. The van der Waals surface area contributed by atoms with Crippen LogP contribution in [0.5, 0.6) is 0 Å². The molecule has 0 heterocycles. The van der Waals surface area contributed by atoms with Crippen LogP contribution in [0, 0.1) is 23.3 Å². The molecule has 14 heavy (non-hydrogen) atoms. The van der Waals surface area contributed by atoms with Crippen LogP contribution in [0.2, 0.25) is 0 Å². The summed E-state index contributed by atoms with van der Waals surface area (Å²) in [5.41, 5.74) is -1.35. The van der Waals surface area contributed by atoms with Crippen LogP contribution in [0.15, 0.2) is 6.07 Å². The van der Waals surface area contributed by atoms with Gasteiger partial charge in [-0.1, -0.05) is 0 Å². The Bertz CT molecular complexity index is 380. The molecule has 0 aliphatic rings. The first-order valence-electron chi connectivity index (χ1n) is 2.99. The van der Waals surface area contributed by atoms with Crippen LogP contribution in [0.4, 0.5) is 17.6 Å². The first kappa shape index (κ1) is 14.0. The molecule has 0 radical (unpaired) electrons. The maximum atomic E-state index is 12.5. The normalized spacial score (nSPS) is 9.43. The average molecular weight is 232 g/mol. The van der Waals surface area contributed by atoms with Crippen molar-refractivity contribution in [2.45, 2.75) is 0 Å². The van der Waals surface area contributed by atoms with E-state index in [2.05, 4.69) is 0 Å². The number of rotatable bonds is 1. The van der Waals surface area contributed by atoms with Crippen molar-refractivity contribution in [2.24, 2.45) is 0 Å². The van der Waals surface area contributed by atoms with Gasteiger partial charge in [0.25, 0.3) is 0 Å². The van der Waals surface area contributed by atoms with Crippen LogP contribution in [0.25, 0.3) is 0 Å². The van der Waals surface area contributed by atoms with Gasteiger partial charge in [-0.3, -0.25) is 0 Å². The monoisotopic (exact) mass is 232 g/mol. The van der Waals surface area contributed by atoms with Gasteiger partial charge in [-0.15, -0.1) is 0 Å². The predicted molar refractivity (Wildman–Crippen MR) is 30.6 cm³/mol. The fourth-order valence-electron chi connectivity index (χ4n) is 0.721. The van der Waals surface area contributed by atoms with E-state index in [1.165, 1.54) is 0 Å². The number of carboxylic acid groups (broad SMARTS) is 1. The molecular formula is C7HF4KO2. The minimum atomic E-state index is -2.17. The number of carbonyl (C=O) groups is 1. The van der Waals surface area contributed by atoms with Gasteiger partial charge >= 0.3 is 51.4 Å². The Morgan fingerprint density at radius 2 is 1.57 bits per heavy atom. The van der Waals surface area contributed by atoms with Gasteiger partial charge in [0.15, 0.2) is 23.3 Å². The zero-order valence-corrected chi connectivity index (χ0v) is 10.0. The van der Waals surface area contributed by atoms with E-state index in [9.17, 15) is 27.5 Å². The van der Waals surface area contributed by atoms with Crippen molar-refractivity contribution in [2.75, 3.05) is 0 Å². The van der Waals surface area contributed by atoms with Crippen molar-refractivity contribution in [3.8, 4) is 0 Å². The van der Waals surface area contributed by atoms with Gasteiger partial charge in [-0.2, -0.15) is 0 Å². The van der Waals surface area contributed by atoms with Gasteiger partial charge in [0.1, 0.15) is 0 Å². The summed E-state index contributed by atoms with van der Waals surface area (Å²) in [5.74, 6) is -10.1. The standard InChI is InChI=1S/C7H2F4O2.K/c8-3-1-2(7(12)13)4(9)6(11)5(3)10;/h1H,(H,12,13);/q;+1/p-1. The summed E-state index contributed by atoms with van der Waals surface area (Å²) in [6.45, 7) is 0. The molecule has 0 amide bonds. The Morgan fingerprint density at radius 3 is 2.00 bits per heavy atom. The van der Waals surface area contributed by atoms with E-state index in [0.717, 1.165) is 0 Å². The van der Waals surface area contributed by atoms with Gasteiger partial charge in [0, 0.05) is 5.56 Å². The third kappa shape index (κ3) is 2.54. The molecular weight excluding hydrogens is 231 g/mol. The SMILES string of the molecule is O=C([O-])c1cc(F)c(F)c(F)c1F.[K+]. The molecule has 0 atom stereocenters. The largest absolute Gasteiger partial charge is 1.00 e. The first-order chi connectivity index (χ1) is 5.95. The minimum absolute atomic E-state index is 0. The molecule has 0 N–H and O–H groups in total. The molecule has 70 valence electrons. The third-order valence-electron chi connectivity index (χ3n) is 1.32. The summed E-state index contributed by atoms with van der Waals surface area (Å²) in [6, 6.07) is 0.0169. The van der Waals surface area contributed by atoms with Gasteiger partial charge in [0.05, 0.1) is 5.97 Å². The van der Waals surface area contributed by atoms with Crippen molar-refractivity contribution in [1.29, 1.82) is 0 Å². The van der Waals surface area contributed by atoms with Gasteiger partial charge in [-0.05, 0) is 6.07 Å². The second-order valence-corrected chi connectivity index (χ2v) is 2.14. The van der Waals surface area contributed by atoms with E-state index < -0.39 is 34.8 Å². The van der Waals surface area contributed by atoms with Gasteiger partial charge in [-0.25, -0.2) is 17.6 Å². The summed E-state index contributed by atoms with van der Waals surface area (Å²) in [7, 11) is 0. The molecule has 0 saturated carbocycles. The average Bonchev–Trinajstić information content (AvgIpc) is 2.07. The molecule has 0 unspecified atom stereocenters. The molecule has 0 aromatic heterocycles. The summed E-state index contributed by atoms with van der Waals surface area (Å²) >= 11 is 0. The predicted octanol–water partition coefficient (Wildman–Crippen LogP) is -2.39. The number of benzene rings is 1. The summed E-state index contributed by atoms with van der Waals surface area (Å²) in [5, 5.41) is 10.0. The van der Waals surface area contributed by atoms with Crippen molar-refractivity contribution in [3.05, 3.63) is 34.9 Å². The summed E-state index contributed by atoms with van der Waals surface area (Å²) in [4.78, 5) is 10.0. The van der Waals surface area contributed by atoms with Crippen LogP contribution in [0.1, 0.15) is 10.4 Å². The second kappa shape index (κ2) is 5.22. The zero-order valence-electron chi connectivity index (χ0n) is 6.91. The molecule has 1 aromatic carbocycles. The fourth-order valence-corrected chi connectivity index (χ4v) is 0.721. The first-order valence-corrected chi connectivity index (χ1v) is 2.99. The Morgan fingerprint density at radius 1 is 1.07 bits per heavy atom. The van der Waals surface area contributed by atoms with Crippen molar-refractivity contribution in [1.82, 2.24) is 0 Å². The maximum Gasteiger partial charge on any atom is 1.00 e. The van der Waals surface area contributed by atoms with Crippen molar-refractivity contribution in [3.63, 3.8) is 0 Å². The smallest absolute Gasteiger partial charge is 0.545 e. The Hall–Kier alpha value is 0.0464. The molecule has 0 aliphatic heterocycles. The minimum Gasteiger partial charge on any atom is -0.545 e. The van der Waals surface area contributed by atoms with Crippen molar-refractivity contribution >= 4 is 5.97 Å². The number of carbonyl (C=O) groups excluding carboxylic acids is 1. The molecule has 0 fully saturated rings. The quantitative estimate of drug-likeness (QED) is 0.235. The van der Waals surface area contributed by atoms with Gasteiger partial charge < -0.3 is 9.90 Å². The molecule has 1 rings (SSSR count). The summed E-state index contributed by atoms with van der Waals surface area (Å²) < 4.78 is 49.4. The molecule has 0 spiro atoms. The van der Waals surface area contributed by atoms with E-state index in [0.29, 0.717) is 0 Å². The molecule has 2 nitrogen and oxygen atoms in total. The number of hydrogen-bond donors (Lipinski definition) is 0. The van der Waals surface area contributed by atoms with Crippen LogP contribution in [-0.4, -0.2) is 5.97 Å². The topological polar surface area (TPSA) is 40.1 Å². The summed E-state index contributed by atoms with van der Waals surface area (Å²) in [6.07, 6.45) is 0. The second-order valence-electron chi connectivity index (χ2n) is 2.14.